The third-order valence-corrected chi connectivity index (χ3v) is 11.1. The normalized spacial score (nSPS) is 12.1. The summed E-state index contributed by atoms with van der Waals surface area (Å²) in [4.78, 5) is 12.5. The predicted octanol–water partition coefficient (Wildman–Crippen LogP) is 12.9. The van der Waals surface area contributed by atoms with Gasteiger partial charge in [-0.25, -0.2) is 9.97 Å². The maximum Gasteiger partial charge on any atom is 0.137 e. The highest BCUT2D eigenvalue weighted by Gasteiger charge is 2.19. The maximum atomic E-state index is 5.28. The molecule has 0 radical (unpaired) electrons. The lowest BCUT2D eigenvalue weighted by atomic mass is 9.93. The van der Waals surface area contributed by atoms with Crippen molar-refractivity contribution >= 4 is 45.9 Å². The number of rotatable bonds is 3. The lowest BCUT2D eigenvalue weighted by Gasteiger charge is -2.15. The van der Waals surface area contributed by atoms with E-state index in [0.29, 0.717) is 0 Å². The maximum absolute atomic E-state index is 5.28. The molecule has 0 saturated carbocycles. The molecule has 1 aliphatic heterocycles. The Balaban J connectivity index is 1.17. The van der Waals surface area contributed by atoms with Gasteiger partial charge in [-0.15, -0.1) is 0 Å². The molecule has 0 unspecified atom stereocenters. The van der Waals surface area contributed by atoms with Crippen LogP contribution in [0.3, 0.4) is 0 Å². The average Bonchev–Trinajstić information content (AvgIpc) is 3.53. The molecule has 3 aromatic heterocycles. The first-order chi connectivity index (χ1) is 25.8. The molecular weight excluding hydrogens is 651 g/mol. The summed E-state index contributed by atoms with van der Waals surface area (Å²) in [6, 6.07) is 60.6. The second kappa shape index (κ2) is 12.7. The zero-order chi connectivity index (χ0) is 34.4. The molecule has 4 heteroatoms. The Morgan fingerprint density at radius 1 is 0.442 bits per heavy atom. The van der Waals surface area contributed by atoms with Crippen molar-refractivity contribution in [2.75, 3.05) is 0 Å². The Morgan fingerprint density at radius 2 is 1.08 bits per heavy atom. The molecule has 3 nitrogen and oxygen atoms in total. The van der Waals surface area contributed by atoms with Crippen LogP contribution >= 0.6 is 11.8 Å². The smallest absolute Gasteiger partial charge is 0.137 e. The number of nitrogens with zero attached hydrogens (tertiary/aromatic N) is 3. The van der Waals surface area contributed by atoms with E-state index < -0.39 is 0 Å². The molecule has 4 heterocycles. The highest BCUT2D eigenvalue weighted by Crippen LogP contribution is 2.44. The van der Waals surface area contributed by atoms with E-state index in [1.54, 1.807) is 0 Å². The highest BCUT2D eigenvalue weighted by atomic mass is 32.2. The average molecular weight is 682 g/mol. The van der Waals surface area contributed by atoms with Gasteiger partial charge in [-0.3, -0.25) is 4.57 Å². The molecule has 1 aliphatic rings. The van der Waals surface area contributed by atoms with Crippen LogP contribution < -0.4 is 0 Å². The largest absolute Gasteiger partial charge is 0.292 e. The van der Waals surface area contributed by atoms with Gasteiger partial charge in [-0.2, -0.15) is 0 Å². The Labute approximate surface area is 306 Å². The van der Waals surface area contributed by atoms with Crippen molar-refractivity contribution in [2.24, 2.45) is 0 Å². The Hall–Kier alpha value is -6.49. The van der Waals surface area contributed by atoms with E-state index in [4.69, 9.17) is 9.97 Å². The summed E-state index contributed by atoms with van der Waals surface area (Å²) in [6.07, 6.45) is 6.38. The van der Waals surface area contributed by atoms with Crippen LogP contribution in [-0.2, 0) is 0 Å². The summed E-state index contributed by atoms with van der Waals surface area (Å²) in [5.74, 6) is 0.873. The van der Waals surface area contributed by atoms with Crippen LogP contribution in [0.5, 0.6) is 0 Å². The quantitative estimate of drug-likeness (QED) is 0.186. The zero-order valence-corrected chi connectivity index (χ0v) is 29.0. The molecule has 0 aliphatic carbocycles. The third-order valence-electron chi connectivity index (χ3n) is 9.92. The van der Waals surface area contributed by atoms with Crippen molar-refractivity contribution in [1.82, 2.24) is 14.5 Å². The minimum atomic E-state index is 0.873. The summed E-state index contributed by atoms with van der Waals surface area (Å²) in [6.45, 7) is 0. The van der Waals surface area contributed by atoms with Crippen molar-refractivity contribution in [1.29, 1.82) is 0 Å². The topological polar surface area (TPSA) is 30.7 Å². The van der Waals surface area contributed by atoms with Gasteiger partial charge in [-0.05, 0) is 99.1 Å². The molecule has 0 saturated heterocycles. The van der Waals surface area contributed by atoms with Gasteiger partial charge in [0.2, 0.25) is 0 Å². The second-order valence-corrected chi connectivity index (χ2v) is 14.1. The Kier molecular flexibility index (Phi) is 7.40. The number of fused-ring (bicyclic) bond motifs is 9. The van der Waals surface area contributed by atoms with Gasteiger partial charge in [0, 0.05) is 26.9 Å². The molecule has 9 aromatic rings. The summed E-state index contributed by atoms with van der Waals surface area (Å²) in [5.41, 5.74) is 14.7. The molecule has 10 rings (SSSR count). The molecule has 0 spiro atoms. The standard InChI is InChI=1S/C48H31N3S/c1-2-13-34(14-3-1)42-26-28-44-48(50-42)41-31-36(25-27-43(41)51(44)47-20-10-11-29-49-47)35-24-23-33-22-21-32-12-4-5-15-37(32)38-16-6-8-18-45(38)52-46-19-9-7-17-39(46)40(33)30-35/h1-31H. The monoisotopic (exact) mass is 681 g/mol. The molecule has 0 bridgehead atoms. The van der Waals surface area contributed by atoms with Gasteiger partial charge in [0.05, 0.1) is 22.2 Å². The van der Waals surface area contributed by atoms with Gasteiger partial charge >= 0.3 is 0 Å². The Bertz CT molecular complexity index is 2820. The highest BCUT2D eigenvalue weighted by molar-refractivity contribution is 7.99. The van der Waals surface area contributed by atoms with Gasteiger partial charge in [0.15, 0.2) is 0 Å². The third kappa shape index (κ3) is 5.24. The molecule has 0 amide bonds. The fourth-order valence-corrected chi connectivity index (χ4v) is 8.53. The van der Waals surface area contributed by atoms with Crippen LogP contribution in [0.2, 0.25) is 0 Å². The van der Waals surface area contributed by atoms with Gasteiger partial charge in [0.1, 0.15) is 5.82 Å². The summed E-state index contributed by atoms with van der Waals surface area (Å²) in [7, 11) is 0. The molecule has 0 N–H and O–H groups in total. The van der Waals surface area contributed by atoms with Crippen LogP contribution in [0.15, 0.2) is 186 Å². The summed E-state index contributed by atoms with van der Waals surface area (Å²) < 4.78 is 2.22. The summed E-state index contributed by atoms with van der Waals surface area (Å²) in [5, 5.41) is 1.09. The van der Waals surface area contributed by atoms with Crippen molar-refractivity contribution in [3.05, 3.63) is 187 Å². The summed E-state index contributed by atoms with van der Waals surface area (Å²) >= 11 is 1.84. The number of hydrogen-bond acceptors (Lipinski definition) is 3. The van der Waals surface area contributed by atoms with Crippen molar-refractivity contribution in [3.8, 4) is 50.5 Å². The van der Waals surface area contributed by atoms with Gasteiger partial charge < -0.3 is 0 Å². The molecule has 244 valence electrons. The first-order valence-corrected chi connectivity index (χ1v) is 18.3. The van der Waals surface area contributed by atoms with Crippen LogP contribution in [0, 0.1) is 0 Å². The van der Waals surface area contributed by atoms with Gasteiger partial charge in [0.25, 0.3) is 0 Å². The van der Waals surface area contributed by atoms with Gasteiger partial charge in [-0.1, -0.05) is 139 Å². The number of pyridine rings is 2. The van der Waals surface area contributed by atoms with Crippen LogP contribution in [0.25, 0.3) is 84.5 Å². The number of aromatic nitrogens is 3. The predicted molar refractivity (Wildman–Crippen MR) is 218 cm³/mol. The molecule has 52 heavy (non-hydrogen) atoms. The first-order valence-electron chi connectivity index (χ1n) is 17.5. The fourth-order valence-electron chi connectivity index (χ4n) is 7.42. The van der Waals surface area contributed by atoms with E-state index in [2.05, 4.69) is 168 Å². The van der Waals surface area contributed by atoms with Crippen molar-refractivity contribution in [3.63, 3.8) is 0 Å². The zero-order valence-electron chi connectivity index (χ0n) is 28.1. The van der Waals surface area contributed by atoms with Crippen LogP contribution in [0.1, 0.15) is 11.1 Å². The lowest BCUT2D eigenvalue weighted by molar-refractivity contribution is 1.08. The van der Waals surface area contributed by atoms with E-state index in [9.17, 15) is 0 Å². The fraction of sp³-hybridized carbons (Fsp3) is 0. The molecule has 0 atom stereocenters. The first kappa shape index (κ1) is 30.3. The van der Waals surface area contributed by atoms with Crippen LogP contribution in [0.4, 0.5) is 0 Å². The molecular formula is C48H31N3S. The van der Waals surface area contributed by atoms with Crippen LogP contribution in [-0.4, -0.2) is 14.5 Å². The Morgan fingerprint density at radius 3 is 1.87 bits per heavy atom. The SMILES string of the molecule is C1=Cc2ccc(-c3ccc4c(c3)c3nc(-c5ccccc5)ccc3n4-c3ccccn3)cc2-c2ccccc2Sc2ccccc2-c2ccccc21. The molecule has 6 aromatic carbocycles. The van der Waals surface area contributed by atoms with E-state index in [0.717, 1.165) is 50.1 Å². The van der Waals surface area contributed by atoms with Crippen molar-refractivity contribution in [2.45, 2.75) is 9.79 Å². The van der Waals surface area contributed by atoms with E-state index in [1.165, 1.54) is 43.2 Å². The second-order valence-electron chi connectivity index (χ2n) is 13.0. The van der Waals surface area contributed by atoms with E-state index >= 15 is 0 Å². The number of benzene rings is 6. The van der Waals surface area contributed by atoms with E-state index in [-0.39, 0.29) is 0 Å². The van der Waals surface area contributed by atoms with E-state index in [1.807, 2.05) is 36.2 Å². The minimum Gasteiger partial charge on any atom is -0.292 e. The molecule has 0 fully saturated rings. The van der Waals surface area contributed by atoms with Crippen molar-refractivity contribution < 1.29 is 0 Å². The lowest BCUT2D eigenvalue weighted by Crippen LogP contribution is -1.96. The minimum absolute atomic E-state index is 0.873. The number of hydrogen-bond donors (Lipinski definition) is 0.